The molecule has 0 bridgehead atoms. The molecule has 0 unspecified atom stereocenters. The highest BCUT2D eigenvalue weighted by Crippen LogP contribution is 2.02. The lowest BCUT2D eigenvalue weighted by Crippen LogP contribution is -2.48. The predicted octanol–water partition coefficient (Wildman–Crippen LogP) is 1.40. The van der Waals surface area contributed by atoms with Crippen LogP contribution in [0.3, 0.4) is 0 Å². The molecule has 1 aromatic rings. The van der Waals surface area contributed by atoms with Crippen LogP contribution in [0.4, 0.5) is 0 Å². The summed E-state index contributed by atoms with van der Waals surface area (Å²) in [5, 5.41) is 3.42. The van der Waals surface area contributed by atoms with Gasteiger partial charge in [-0.15, -0.1) is 0 Å². The van der Waals surface area contributed by atoms with Gasteiger partial charge in [0.15, 0.2) is 0 Å². The second-order valence-electron chi connectivity index (χ2n) is 4.94. The molecule has 1 aliphatic rings. The number of furan rings is 1. The van der Waals surface area contributed by atoms with Crippen LogP contribution in [0.1, 0.15) is 19.1 Å². The van der Waals surface area contributed by atoms with Crippen molar-refractivity contribution in [2.24, 2.45) is 0 Å². The van der Waals surface area contributed by atoms with E-state index in [4.69, 9.17) is 4.42 Å². The number of rotatable bonds is 7. The molecule has 0 saturated carbocycles. The number of nitrogens with zero attached hydrogens (tertiary/aromatic N) is 2. The SMILES string of the molecule is CCCN1CCN(CCNCc2ccco2)CC1. The van der Waals surface area contributed by atoms with E-state index < -0.39 is 0 Å². The fourth-order valence-corrected chi connectivity index (χ4v) is 2.41. The van der Waals surface area contributed by atoms with Crippen molar-refractivity contribution < 1.29 is 4.42 Å². The molecule has 2 heterocycles. The quantitative estimate of drug-likeness (QED) is 0.742. The second kappa shape index (κ2) is 7.56. The molecule has 4 heteroatoms. The monoisotopic (exact) mass is 251 g/mol. The molecule has 1 fully saturated rings. The molecular weight excluding hydrogens is 226 g/mol. The van der Waals surface area contributed by atoms with Crippen molar-refractivity contribution in [1.29, 1.82) is 0 Å². The van der Waals surface area contributed by atoms with Gasteiger partial charge in [-0.3, -0.25) is 4.90 Å². The van der Waals surface area contributed by atoms with Crippen LogP contribution in [0, 0.1) is 0 Å². The molecule has 1 saturated heterocycles. The third kappa shape index (κ3) is 4.44. The summed E-state index contributed by atoms with van der Waals surface area (Å²) in [5.74, 6) is 1.02. The van der Waals surface area contributed by atoms with E-state index in [1.807, 2.05) is 12.1 Å². The van der Waals surface area contributed by atoms with Gasteiger partial charge < -0.3 is 14.6 Å². The van der Waals surface area contributed by atoms with Crippen molar-refractivity contribution in [3.63, 3.8) is 0 Å². The largest absolute Gasteiger partial charge is 0.468 e. The highest BCUT2D eigenvalue weighted by atomic mass is 16.3. The fourth-order valence-electron chi connectivity index (χ4n) is 2.41. The van der Waals surface area contributed by atoms with Crippen molar-refractivity contribution in [3.05, 3.63) is 24.2 Å². The predicted molar refractivity (Wildman–Crippen MR) is 73.6 cm³/mol. The Labute approximate surface area is 110 Å². The van der Waals surface area contributed by atoms with Crippen LogP contribution in [0.2, 0.25) is 0 Å². The summed E-state index contributed by atoms with van der Waals surface area (Å²) in [7, 11) is 0. The molecule has 0 aliphatic carbocycles. The maximum atomic E-state index is 5.28. The van der Waals surface area contributed by atoms with E-state index in [-0.39, 0.29) is 0 Å². The van der Waals surface area contributed by atoms with Gasteiger partial charge in [0, 0.05) is 39.3 Å². The highest BCUT2D eigenvalue weighted by Gasteiger charge is 2.15. The molecule has 102 valence electrons. The van der Waals surface area contributed by atoms with Gasteiger partial charge in [0.25, 0.3) is 0 Å². The van der Waals surface area contributed by atoms with E-state index in [1.54, 1.807) is 6.26 Å². The Bertz CT molecular complexity index is 305. The first-order chi connectivity index (χ1) is 8.88. The average Bonchev–Trinajstić information content (AvgIpc) is 2.90. The van der Waals surface area contributed by atoms with Crippen molar-refractivity contribution in [2.45, 2.75) is 19.9 Å². The number of hydrogen-bond donors (Lipinski definition) is 1. The van der Waals surface area contributed by atoms with Gasteiger partial charge in [0.1, 0.15) is 5.76 Å². The lowest BCUT2D eigenvalue weighted by molar-refractivity contribution is 0.133. The van der Waals surface area contributed by atoms with Crippen LogP contribution in [0.5, 0.6) is 0 Å². The topological polar surface area (TPSA) is 31.6 Å². The Kier molecular flexibility index (Phi) is 5.71. The van der Waals surface area contributed by atoms with Gasteiger partial charge in [-0.05, 0) is 25.1 Å². The number of hydrogen-bond acceptors (Lipinski definition) is 4. The molecule has 0 amide bonds. The van der Waals surface area contributed by atoms with E-state index >= 15 is 0 Å². The minimum Gasteiger partial charge on any atom is -0.468 e. The van der Waals surface area contributed by atoms with Crippen molar-refractivity contribution in [1.82, 2.24) is 15.1 Å². The van der Waals surface area contributed by atoms with E-state index in [2.05, 4.69) is 22.0 Å². The molecule has 1 N–H and O–H groups in total. The standard InChI is InChI=1S/C14H25N3O/c1-2-6-16-8-10-17(11-9-16)7-5-15-13-14-4-3-12-18-14/h3-4,12,15H,2,5-11,13H2,1H3. The molecule has 1 aliphatic heterocycles. The summed E-state index contributed by atoms with van der Waals surface area (Å²) in [6.45, 7) is 11.4. The molecule has 0 atom stereocenters. The van der Waals surface area contributed by atoms with E-state index in [0.29, 0.717) is 0 Å². The molecule has 0 spiro atoms. The third-order valence-electron chi connectivity index (χ3n) is 3.49. The maximum absolute atomic E-state index is 5.28. The van der Waals surface area contributed by atoms with Gasteiger partial charge >= 0.3 is 0 Å². The summed E-state index contributed by atoms with van der Waals surface area (Å²) in [4.78, 5) is 5.11. The maximum Gasteiger partial charge on any atom is 0.117 e. The van der Waals surface area contributed by atoms with Gasteiger partial charge in [-0.1, -0.05) is 6.92 Å². The molecule has 2 rings (SSSR count). The van der Waals surface area contributed by atoms with Crippen molar-refractivity contribution in [3.8, 4) is 0 Å². The van der Waals surface area contributed by atoms with E-state index in [1.165, 1.54) is 39.1 Å². The molecule has 4 nitrogen and oxygen atoms in total. The normalized spacial score (nSPS) is 18.3. The minimum atomic E-state index is 0.836. The van der Waals surface area contributed by atoms with Crippen molar-refractivity contribution in [2.75, 3.05) is 45.8 Å². The van der Waals surface area contributed by atoms with E-state index in [0.717, 1.165) is 25.4 Å². The number of piperazine rings is 1. The summed E-state index contributed by atoms with van der Waals surface area (Å²) in [6, 6.07) is 3.94. The second-order valence-corrected chi connectivity index (χ2v) is 4.94. The Balaban J connectivity index is 1.53. The molecule has 18 heavy (non-hydrogen) atoms. The zero-order valence-corrected chi connectivity index (χ0v) is 11.4. The zero-order valence-electron chi connectivity index (χ0n) is 11.4. The van der Waals surface area contributed by atoms with Crippen LogP contribution in [0.15, 0.2) is 22.8 Å². The van der Waals surface area contributed by atoms with Gasteiger partial charge in [0.2, 0.25) is 0 Å². The molecule has 0 aromatic carbocycles. The lowest BCUT2D eigenvalue weighted by atomic mass is 10.3. The van der Waals surface area contributed by atoms with Gasteiger partial charge in [-0.2, -0.15) is 0 Å². The Morgan fingerprint density at radius 2 is 1.89 bits per heavy atom. The Morgan fingerprint density at radius 1 is 1.17 bits per heavy atom. The van der Waals surface area contributed by atoms with Crippen molar-refractivity contribution >= 4 is 0 Å². The highest BCUT2D eigenvalue weighted by molar-refractivity contribution is 4.97. The first-order valence-electron chi connectivity index (χ1n) is 7.06. The van der Waals surface area contributed by atoms with Crippen LogP contribution < -0.4 is 5.32 Å². The minimum absolute atomic E-state index is 0.836. The summed E-state index contributed by atoms with van der Waals surface area (Å²) < 4.78 is 5.28. The summed E-state index contributed by atoms with van der Waals surface area (Å²) in [5.41, 5.74) is 0. The van der Waals surface area contributed by atoms with Crippen LogP contribution >= 0.6 is 0 Å². The summed E-state index contributed by atoms with van der Waals surface area (Å²) in [6.07, 6.45) is 2.99. The molecular formula is C14H25N3O. The van der Waals surface area contributed by atoms with Gasteiger partial charge in [-0.25, -0.2) is 0 Å². The Hall–Kier alpha value is -0.840. The van der Waals surface area contributed by atoms with E-state index in [9.17, 15) is 0 Å². The van der Waals surface area contributed by atoms with Crippen LogP contribution in [0.25, 0.3) is 0 Å². The first-order valence-corrected chi connectivity index (χ1v) is 7.06. The smallest absolute Gasteiger partial charge is 0.117 e. The molecule has 0 radical (unpaired) electrons. The fraction of sp³-hybridized carbons (Fsp3) is 0.714. The van der Waals surface area contributed by atoms with Crippen LogP contribution in [-0.4, -0.2) is 55.6 Å². The Morgan fingerprint density at radius 3 is 2.50 bits per heavy atom. The third-order valence-corrected chi connectivity index (χ3v) is 3.49. The first kappa shape index (κ1) is 13.6. The average molecular weight is 251 g/mol. The lowest BCUT2D eigenvalue weighted by Gasteiger charge is -2.34. The number of nitrogens with one attached hydrogen (secondary N) is 1. The van der Waals surface area contributed by atoms with Gasteiger partial charge in [0.05, 0.1) is 12.8 Å². The van der Waals surface area contributed by atoms with Crippen LogP contribution in [-0.2, 0) is 6.54 Å². The zero-order chi connectivity index (χ0) is 12.6. The summed E-state index contributed by atoms with van der Waals surface area (Å²) >= 11 is 0. The molecule has 1 aromatic heterocycles.